The molecular weight excluding hydrogens is 255 g/mol. The van der Waals surface area contributed by atoms with Gasteiger partial charge in [0.05, 0.1) is 5.92 Å². The Morgan fingerprint density at radius 3 is 2.72 bits per heavy atom. The number of hydrogen-bond donors (Lipinski definition) is 1. The van der Waals surface area contributed by atoms with Gasteiger partial charge >= 0.3 is 0 Å². The number of nitrogens with zero attached hydrogens (tertiary/aromatic N) is 1. The quantitative estimate of drug-likeness (QED) is 0.891. The number of hydrogen-bond acceptors (Lipinski definition) is 2. The molecule has 18 heavy (non-hydrogen) atoms. The van der Waals surface area contributed by atoms with Gasteiger partial charge in [-0.3, -0.25) is 4.79 Å². The van der Waals surface area contributed by atoms with Gasteiger partial charge in [0.2, 0.25) is 5.91 Å². The molecule has 0 aliphatic heterocycles. The minimum Gasteiger partial charge on any atom is -0.344 e. The number of rotatable bonds is 5. The van der Waals surface area contributed by atoms with E-state index >= 15 is 0 Å². The Morgan fingerprint density at radius 2 is 2.17 bits per heavy atom. The number of amides is 1. The van der Waals surface area contributed by atoms with Crippen molar-refractivity contribution in [2.45, 2.75) is 12.8 Å². The van der Waals surface area contributed by atoms with Crippen LogP contribution in [0, 0.1) is 5.82 Å². The molecule has 102 valence electrons. The maximum Gasteiger partial charge on any atom is 0.229 e. The second-order valence-corrected chi connectivity index (χ2v) is 4.14. The zero-order chi connectivity index (χ0) is 12.8. The number of halogens is 2. The molecule has 1 amide bonds. The Hall–Kier alpha value is -1.13. The third kappa shape index (κ3) is 4.63. The van der Waals surface area contributed by atoms with Crippen molar-refractivity contribution in [2.24, 2.45) is 0 Å². The van der Waals surface area contributed by atoms with Gasteiger partial charge in [-0.15, -0.1) is 12.4 Å². The minimum absolute atomic E-state index is 0. The highest BCUT2D eigenvalue weighted by molar-refractivity contribution is 5.85. The molecule has 0 bridgehead atoms. The van der Waals surface area contributed by atoms with Gasteiger partial charge in [0.25, 0.3) is 0 Å². The molecule has 0 saturated carbocycles. The summed E-state index contributed by atoms with van der Waals surface area (Å²) in [7, 11) is 3.60. The highest BCUT2D eigenvalue weighted by atomic mass is 35.5. The lowest BCUT2D eigenvalue weighted by atomic mass is 10.00. The first-order valence-corrected chi connectivity index (χ1v) is 5.71. The first-order valence-electron chi connectivity index (χ1n) is 5.71. The van der Waals surface area contributed by atoms with Gasteiger partial charge in [-0.2, -0.15) is 0 Å². The maximum atomic E-state index is 13.1. The van der Waals surface area contributed by atoms with Gasteiger partial charge in [-0.1, -0.05) is 12.1 Å². The van der Waals surface area contributed by atoms with Crippen molar-refractivity contribution in [1.82, 2.24) is 10.2 Å². The highest BCUT2D eigenvalue weighted by Gasteiger charge is 2.19. The van der Waals surface area contributed by atoms with Crippen LogP contribution in [0.5, 0.6) is 0 Å². The largest absolute Gasteiger partial charge is 0.344 e. The van der Waals surface area contributed by atoms with Gasteiger partial charge in [-0.05, 0) is 31.7 Å². The molecule has 0 aliphatic rings. The maximum absolute atomic E-state index is 13.1. The Bertz CT molecular complexity index is 387. The summed E-state index contributed by atoms with van der Waals surface area (Å²) in [5.74, 6) is -0.613. The molecule has 1 rings (SSSR count). The van der Waals surface area contributed by atoms with Crippen molar-refractivity contribution in [2.75, 3.05) is 27.2 Å². The Balaban J connectivity index is 0.00000289. The third-order valence-corrected chi connectivity index (χ3v) is 2.79. The van der Waals surface area contributed by atoms with E-state index < -0.39 is 0 Å². The number of nitrogens with one attached hydrogen (secondary N) is 1. The lowest BCUT2D eigenvalue weighted by Gasteiger charge is -2.21. The molecule has 0 fully saturated rings. The SMILES string of the molecule is CNCCN(C)C(=O)C(C)c1cccc(F)c1.Cl. The Labute approximate surface area is 114 Å². The third-order valence-electron chi connectivity index (χ3n) is 2.79. The van der Waals surface area contributed by atoms with Crippen LogP contribution < -0.4 is 5.32 Å². The van der Waals surface area contributed by atoms with Crippen LogP contribution in [-0.2, 0) is 4.79 Å². The standard InChI is InChI=1S/C13H19FN2O.ClH/c1-10(11-5-4-6-12(14)9-11)13(17)16(3)8-7-15-2;/h4-6,9-10,15H,7-8H2,1-3H3;1H. The molecule has 1 aromatic carbocycles. The molecule has 3 nitrogen and oxygen atoms in total. The molecule has 0 aliphatic carbocycles. The lowest BCUT2D eigenvalue weighted by molar-refractivity contribution is -0.131. The molecule has 0 spiro atoms. The summed E-state index contributed by atoms with van der Waals surface area (Å²) < 4.78 is 13.1. The molecule has 0 saturated heterocycles. The van der Waals surface area contributed by atoms with Gasteiger partial charge in [-0.25, -0.2) is 4.39 Å². The first kappa shape index (κ1) is 16.9. The van der Waals surface area contributed by atoms with Crippen molar-refractivity contribution in [3.8, 4) is 0 Å². The van der Waals surface area contributed by atoms with E-state index in [-0.39, 0.29) is 30.0 Å². The highest BCUT2D eigenvalue weighted by Crippen LogP contribution is 2.18. The topological polar surface area (TPSA) is 32.3 Å². The van der Waals surface area contributed by atoms with Crippen molar-refractivity contribution in [3.05, 3.63) is 35.6 Å². The van der Waals surface area contributed by atoms with E-state index in [0.717, 1.165) is 6.54 Å². The minimum atomic E-state index is -0.312. The van der Waals surface area contributed by atoms with Gasteiger partial charge in [0.1, 0.15) is 5.82 Å². The van der Waals surface area contributed by atoms with Crippen LogP contribution in [0.1, 0.15) is 18.4 Å². The van der Waals surface area contributed by atoms with Crippen LogP contribution in [0.4, 0.5) is 4.39 Å². The van der Waals surface area contributed by atoms with Crippen molar-refractivity contribution >= 4 is 18.3 Å². The summed E-state index contributed by atoms with van der Waals surface area (Å²) in [6.45, 7) is 3.19. The fourth-order valence-corrected chi connectivity index (χ4v) is 1.64. The smallest absolute Gasteiger partial charge is 0.229 e. The Kier molecular flexibility index (Phi) is 7.55. The van der Waals surface area contributed by atoms with Crippen LogP contribution in [0.15, 0.2) is 24.3 Å². The van der Waals surface area contributed by atoms with E-state index in [4.69, 9.17) is 0 Å². The van der Waals surface area contributed by atoms with Crippen molar-refractivity contribution < 1.29 is 9.18 Å². The average Bonchev–Trinajstić information content (AvgIpc) is 2.34. The summed E-state index contributed by atoms with van der Waals surface area (Å²) in [4.78, 5) is 13.7. The van der Waals surface area contributed by atoms with E-state index in [1.54, 1.807) is 31.0 Å². The number of carbonyl (C=O) groups excluding carboxylic acids is 1. The first-order chi connectivity index (χ1) is 8.06. The predicted molar refractivity (Wildman–Crippen MR) is 73.6 cm³/mol. The van der Waals surface area contributed by atoms with Crippen LogP contribution in [0.2, 0.25) is 0 Å². The van der Waals surface area contributed by atoms with E-state index in [1.165, 1.54) is 12.1 Å². The normalized spacial score (nSPS) is 11.6. The summed E-state index contributed by atoms with van der Waals surface area (Å²) in [6, 6.07) is 6.19. The van der Waals surface area contributed by atoms with E-state index in [0.29, 0.717) is 12.1 Å². The molecule has 1 atom stereocenters. The van der Waals surface area contributed by atoms with Gasteiger partial charge < -0.3 is 10.2 Å². The molecule has 1 unspecified atom stereocenters. The monoisotopic (exact) mass is 274 g/mol. The van der Waals surface area contributed by atoms with E-state index in [9.17, 15) is 9.18 Å². The zero-order valence-corrected chi connectivity index (χ0v) is 11.8. The van der Waals surface area contributed by atoms with Crippen molar-refractivity contribution in [1.29, 1.82) is 0 Å². The molecule has 0 aromatic heterocycles. The lowest BCUT2D eigenvalue weighted by Crippen LogP contribution is -2.35. The predicted octanol–water partition coefficient (Wildman–Crippen LogP) is 2.03. The molecule has 0 heterocycles. The molecule has 1 aromatic rings. The summed E-state index contributed by atoms with van der Waals surface area (Å²) >= 11 is 0. The number of likely N-dealkylation sites (N-methyl/N-ethyl adjacent to an activating group) is 2. The Morgan fingerprint density at radius 1 is 1.50 bits per heavy atom. The van der Waals surface area contributed by atoms with E-state index in [1.807, 2.05) is 7.05 Å². The van der Waals surface area contributed by atoms with E-state index in [2.05, 4.69) is 5.32 Å². The van der Waals surface area contributed by atoms with Gasteiger partial charge in [0.15, 0.2) is 0 Å². The number of benzene rings is 1. The second kappa shape index (κ2) is 8.06. The molecule has 5 heteroatoms. The van der Waals surface area contributed by atoms with Crippen LogP contribution in [0.3, 0.4) is 0 Å². The summed E-state index contributed by atoms with van der Waals surface area (Å²) in [6.07, 6.45) is 0. The number of carbonyl (C=O) groups is 1. The van der Waals surface area contributed by atoms with Gasteiger partial charge in [0, 0.05) is 20.1 Å². The van der Waals surface area contributed by atoms with Crippen LogP contribution >= 0.6 is 12.4 Å². The molecule has 0 radical (unpaired) electrons. The summed E-state index contributed by atoms with van der Waals surface area (Å²) in [5, 5.41) is 2.99. The molecule has 1 N–H and O–H groups in total. The van der Waals surface area contributed by atoms with Crippen LogP contribution in [-0.4, -0.2) is 38.0 Å². The van der Waals surface area contributed by atoms with Crippen LogP contribution in [0.25, 0.3) is 0 Å². The average molecular weight is 275 g/mol. The summed E-state index contributed by atoms with van der Waals surface area (Å²) in [5.41, 5.74) is 0.714. The fourth-order valence-electron chi connectivity index (χ4n) is 1.64. The molecular formula is C13H20ClFN2O. The second-order valence-electron chi connectivity index (χ2n) is 4.14. The zero-order valence-electron chi connectivity index (χ0n) is 10.9. The van der Waals surface area contributed by atoms with Crippen molar-refractivity contribution in [3.63, 3.8) is 0 Å². The fraction of sp³-hybridized carbons (Fsp3) is 0.462.